The predicted molar refractivity (Wildman–Crippen MR) is 91.3 cm³/mol. The van der Waals surface area contributed by atoms with E-state index in [2.05, 4.69) is 6.58 Å². The van der Waals surface area contributed by atoms with E-state index in [0.29, 0.717) is 22.6 Å². The fraction of sp³-hybridized carbons (Fsp3) is 0.333. The first kappa shape index (κ1) is 15.9. The van der Waals surface area contributed by atoms with Crippen LogP contribution in [0.25, 0.3) is 11.1 Å². The zero-order chi connectivity index (χ0) is 16.2. The van der Waals surface area contributed by atoms with Crippen molar-refractivity contribution in [3.63, 3.8) is 0 Å². The Morgan fingerprint density at radius 3 is 2.26 bits per heavy atom. The summed E-state index contributed by atoms with van der Waals surface area (Å²) in [6.07, 6.45) is 6.98. The van der Waals surface area contributed by atoms with Gasteiger partial charge in [0.1, 0.15) is 0 Å². The molecule has 0 radical (unpaired) electrons. The van der Waals surface area contributed by atoms with Crippen LogP contribution in [-0.4, -0.2) is 0 Å². The molecule has 2 aromatic rings. The molecule has 0 bridgehead atoms. The van der Waals surface area contributed by atoms with E-state index in [-0.39, 0.29) is 5.92 Å². The summed E-state index contributed by atoms with van der Waals surface area (Å²) >= 11 is 0. The highest BCUT2D eigenvalue weighted by molar-refractivity contribution is 5.64. The van der Waals surface area contributed by atoms with Crippen LogP contribution in [0.2, 0.25) is 0 Å². The van der Waals surface area contributed by atoms with Crippen LogP contribution in [0.1, 0.15) is 43.6 Å². The smallest absolute Gasteiger partial charge is 0.166 e. The van der Waals surface area contributed by atoms with Crippen LogP contribution in [0.15, 0.2) is 55.1 Å². The molecule has 0 amide bonds. The summed E-state index contributed by atoms with van der Waals surface area (Å²) in [6, 6.07) is 12.6. The molecule has 0 N–H and O–H groups in total. The average Bonchev–Trinajstić information content (AvgIpc) is 2.59. The Labute approximate surface area is 136 Å². The second-order valence-electron chi connectivity index (χ2n) is 6.44. The van der Waals surface area contributed by atoms with E-state index < -0.39 is 11.6 Å². The van der Waals surface area contributed by atoms with Gasteiger partial charge in [-0.2, -0.15) is 0 Å². The topological polar surface area (TPSA) is 0 Å². The number of allylic oxidation sites excluding steroid dienone is 1. The summed E-state index contributed by atoms with van der Waals surface area (Å²) < 4.78 is 29.1. The van der Waals surface area contributed by atoms with Gasteiger partial charge in [0, 0.05) is 5.56 Å². The lowest BCUT2D eigenvalue weighted by atomic mass is 9.77. The van der Waals surface area contributed by atoms with E-state index in [1.165, 1.54) is 0 Å². The van der Waals surface area contributed by atoms with Gasteiger partial charge in [-0.05, 0) is 55.1 Å². The van der Waals surface area contributed by atoms with Crippen molar-refractivity contribution < 1.29 is 8.78 Å². The molecule has 23 heavy (non-hydrogen) atoms. The summed E-state index contributed by atoms with van der Waals surface area (Å²) in [6.45, 7) is 3.79. The molecule has 3 rings (SSSR count). The minimum atomic E-state index is -0.720. The molecule has 0 aliphatic heterocycles. The van der Waals surface area contributed by atoms with E-state index in [0.717, 1.165) is 32.1 Å². The van der Waals surface area contributed by atoms with Gasteiger partial charge in [-0.3, -0.25) is 0 Å². The zero-order valence-electron chi connectivity index (χ0n) is 13.3. The average molecular weight is 312 g/mol. The van der Waals surface area contributed by atoms with Crippen LogP contribution in [0.3, 0.4) is 0 Å². The Kier molecular flexibility index (Phi) is 4.90. The SMILES string of the molecule is C=CCC1CCC(c2ccc(-c3ccccc3)c(F)c2F)CC1. The lowest BCUT2D eigenvalue weighted by Gasteiger charge is -2.28. The van der Waals surface area contributed by atoms with Crippen molar-refractivity contribution in [2.24, 2.45) is 5.92 Å². The maximum Gasteiger partial charge on any atom is 0.166 e. The molecule has 0 saturated heterocycles. The highest BCUT2D eigenvalue weighted by Gasteiger charge is 2.26. The van der Waals surface area contributed by atoms with E-state index >= 15 is 0 Å². The molecule has 0 nitrogen and oxygen atoms in total. The summed E-state index contributed by atoms with van der Waals surface area (Å²) in [5, 5.41) is 0. The zero-order valence-corrected chi connectivity index (χ0v) is 13.3. The van der Waals surface area contributed by atoms with Crippen molar-refractivity contribution >= 4 is 0 Å². The Morgan fingerprint density at radius 2 is 1.61 bits per heavy atom. The fourth-order valence-corrected chi connectivity index (χ4v) is 3.67. The van der Waals surface area contributed by atoms with E-state index in [1.807, 2.05) is 24.3 Å². The van der Waals surface area contributed by atoms with E-state index in [4.69, 9.17) is 0 Å². The molecule has 0 atom stereocenters. The second kappa shape index (κ2) is 7.08. The molecule has 0 unspecified atom stereocenters. The third-order valence-corrected chi connectivity index (χ3v) is 4.98. The number of halogens is 2. The van der Waals surface area contributed by atoms with Crippen molar-refractivity contribution in [2.75, 3.05) is 0 Å². The summed E-state index contributed by atoms with van der Waals surface area (Å²) in [5.41, 5.74) is 1.59. The van der Waals surface area contributed by atoms with Gasteiger partial charge in [0.25, 0.3) is 0 Å². The third kappa shape index (κ3) is 3.36. The first-order chi connectivity index (χ1) is 11.2. The fourth-order valence-electron chi connectivity index (χ4n) is 3.67. The Morgan fingerprint density at radius 1 is 0.913 bits per heavy atom. The Balaban J connectivity index is 1.83. The number of hydrogen-bond donors (Lipinski definition) is 0. The Bertz CT molecular complexity index is 668. The van der Waals surface area contributed by atoms with Crippen molar-refractivity contribution in [3.05, 3.63) is 72.3 Å². The van der Waals surface area contributed by atoms with Crippen LogP contribution in [-0.2, 0) is 0 Å². The molecule has 1 saturated carbocycles. The molecular weight excluding hydrogens is 290 g/mol. The van der Waals surface area contributed by atoms with Crippen molar-refractivity contribution in [3.8, 4) is 11.1 Å². The highest BCUT2D eigenvalue weighted by Crippen LogP contribution is 2.39. The lowest BCUT2D eigenvalue weighted by Crippen LogP contribution is -2.14. The molecule has 1 fully saturated rings. The summed E-state index contributed by atoms with van der Waals surface area (Å²) in [4.78, 5) is 0. The van der Waals surface area contributed by atoms with Crippen molar-refractivity contribution in [1.82, 2.24) is 0 Å². The molecule has 120 valence electrons. The second-order valence-corrected chi connectivity index (χ2v) is 6.44. The maximum atomic E-state index is 14.6. The molecule has 2 aromatic carbocycles. The van der Waals surface area contributed by atoms with Crippen LogP contribution in [0.5, 0.6) is 0 Å². The highest BCUT2D eigenvalue weighted by atomic mass is 19.2. The maximum absolute atomic E-state index is 14.6. The largest absolute Gasteiger partial charge is 0.203 e. The van der Waals surface area contributed by atoms with E-state index in [9.17, 15) is 8.78 Å². The van der Waals surface area contributed by atoms with Crippen LogP contribution >= 0.6 is 0 Å². The first-order valence-corrected chi connectivity index (χ1v) is 8.35. The normalized spacial score (nSPS) is 21.1. The van der Waals surface area contributed by atoms with E-state index in [1.54, 1.807) is 24.3 Å². The first-order valence-electron chi connectivity index (χ1n) is 8.35. The van der Waals surface area contributed by atoms with Gasteiger partial charge < -0.3 is 0 Å². The van der Waals surface area contributed by atoms with Gasteiger partial charge in [-0.25, -0.2) is 8.78 Å². The number of rotatable bonds is 4. The monoisotopic (exact) mass is 312 g/mol. The van der Waals surface area contributed by atoms with Crippen LogP contribution < -0.4 is 0 Å². The molecule has 1 aliphatic rings. The van der Waals surface area contributed by atoms with Crippen LogP contribution in [0, 0.1) is 17.6 Å². The summed E-state index contributed by atoms with van der Waals surface area (Å²) in [5.74, 6) is -0.601. The van der Waals surface area contributed by atoms with Gasteiger partial charge in [-0.1, -0.05) is 48.5 Å². The Hall–Kier alpha value is -1.96. The van der Waals surface area contributed by atoms with Gasteiger partial charge >= 0.3 is 0 Å². The third-order valence-electron chi connectivity index (χ3n) is 4.98. The quantitative estimate of drug-likeness (QED) is 0.567. The number of benzene rings is 2. The van der Waals surface area contributed by atoms with Gasteiger partial charge in [0.05, 0.1) is 0 Å². The lowest BCUT2D eigenvalue weighted by molar-refractivity contribution is 0.321. The molecule has 0 spiro atoms. The minimum Gasteiger partial charge on any atom is -0.203 e. The molecular formula is C21H22F2. The molecule has 0 heterocycles. The molecule has 0 aromatic heterocycles. The van der Waals surface area contributed by atoms with Crippen molar-refractivity contribution in [2.45, 2.75) is 38.0 Å². The number of hydrogen-bond acceptors (Lipinski definition) is 0. The minimum absolute atomic E-state index is 0.135. The predicted octanol–water partition coefficient (Wildman–Crippen LogP) is 6.48. The van der Waals surface area contributed by atoms with Crippen LogP contribution in [0.4, 0.5) is 8.78 Å². The molecule has 1 aliphatic carbocycles. The van der Waals surface area contributed by atoms with Gasteiger partial charge in [0.15, 0.2) is 11.6 Å². The van der Waals surface area contributed by atoms with Crippen molar-refractivity contribution in [1.29, 1.82) is 0 Å². The standard InChI is InChI=1S/C21H22F2/c1-2-6-15-9-11-17(12-10-15)19-14-13-18(20(22)21(19)23)16-7-4-3-5-8-16/h2-5,7-8,13-15,17H,1,6,9-12H2. The molecule has 2 heteroatoms. The summed E-state index contributed by atoms with van der Waals surface area (Å²) in [7, 11) is 0. The van der Waals surface area contributed by atoms with Gasteiger partial charge in [-0.15, -0.1) is 6.58 Å². The van der Waals surface area contributed by atoms with Gasteiger partial charge in [0.2, 0.25) is 0 Å².